The lowest BCUT2D eigenvalue weighted by atomic mass is 9.91. The summed E-state index contributed by atoms with van der Waals surface area (Å²) < 4.78 is 5.48. The van der Waals surface area contributed by atoms with E-state index >= 15 is 0 Å². The van der Waals surface area contributed by atoms with E-state index in [9.17, 15) is 4.79 Å². The zero-order chi connectivity index (χ0) is 25.1. The Morgan fingerprint density at radius 2 is 1.67 bits per heavy atom. The number of urea groups is 1. The average Bonchev–Trinajstić information content (AvgIpc) is 3.24. The van der Waals surface area contributed by atoms with Crippen LogP contribution in [0, 0.1) is 6.92 Å². The van der Waals surface area contributed by atoms with Gasteiger partial charge in [0.25, 0.3) is 0 Å². The summed E-state index contributed by atoms with van der Waals surface area (Å²) in [6, 6.07) is 20.2. The first-order chi connectivity index (χ1) is 17.5. The average molecular weight is 485 g/mol. The van der Waals surface area contributed by atoms with Gasteiger partial charge in [-0.2, -0.15) is 0 Å². The van der Waals surface area contributed by atoms with Crippen molar-refractivity contribution in [3.63, 3.8) is 0 Å². The molecule has 2 aromatic heterocycles. The quantitative estimate of drug-likeness (QED) is 0.320. The van der Waals surface area contributed by atoms with Crippen molar-refractivity contribution >= 4 is 34.1 Å². The number of carbonyl (C=O) groups is 1. The standard InChI is InChI=1S/C28H32N6O2/c1-18-26(27(36-33-18)19-9-5-4-6-10-19)32-28(35)30-21-15-13-20(14-16-21)29-25-17-24(34(2)3)22-11-7-8-12-23(22)31-25/h4-12,17,20-21H,13-16H2,1-3H3,(H,29,31)(H2,30,32,35)/t20-,21+. The molecule has 2 heterocycles. The molecule has 3 N–H and O–H groups in total. The fourth-order valence-corrected chi connectivity index (χ4v) is 4.83. The van der Waals surface area contributed by atoms with Gasteiger partial charge in [0.1, 0.15) is 17.2 Å². The van der Waals surface area contributed by atoms with Crippen LogP contribution in [0.2, 0.25) is 0 Å². The monoisotopic (exact) mass is 484 g/mol. The van der Waals surface area contributed by atoms with Gasteiger partial charge in [-0.25, -0.2) is 9.78 Å². The van der Waals surface area contributed by atoms with Gasteiger partial charge in [-0.05, 0) is 38.7 Å². The van der Waals surface area contributed by atoms with E-state index < -0.39 is 0 Å². The minimum atomic E-state index is -0.235. The highest BCUT2D eigenvalue weighted by atomic mass is 16.5. The Morgan fingerprint density at radius 3 is 2.42 bits per heavy atom. The number of fused-ring (bicyclic) bond motifs is 1. The van der Waals surface area contributed by atoms with E-state index in [1.807, 2.05) is 55.5 Å². The Bertz CT molecular complexity index is 1340. The van der Waals surface area contributed by atoms with Gasteiger partial charge in [-0.3, -0.25) is 0 Å². The van der Waals surface area contributed by atoms with Crippen molar-refractivity contribution in [1.29, 1.82) is 0 Å². The van der Waals surface area contributed by atoms with Crippen molar-refractivity contribution in [1.82, 2.24) is 15.5 Å². The first-order valence-corrected chi connectivity index (χ1v) is 12.4. The molecule has 5 rings (SSSR count). The number of benzene rings is 2. The number of hydrogen-bond acceptors (Lipinski definition) is 6. The Morgan fingerprint density at radius 1 is 0.972 bits per heavy atom. The van der Waals surface area contributed by atoms with Gasteiger partial charge in [0.05, 0.1) is 5.52 Å². The van der Waals surface area contributed by atoms with E-state index in [-0.39, 0.29) is 12.1 Å². The maximum Gasteiger partial charge on any atom is 0.319 e. The first-order valence-electron chi connectivity index (χ1n) is 12.4. The molecule has 0 spiro atoms. The summed E-state index contributed by atoms with van der Waals surface area (Å²) >= 11 is 0. The Labute approximate surface area is 211 Å². The molecule has 1 fully saturated rings. The number of aromatic nitrogens is 2. The molecule has 1 aliphatic carbocycles. The molecule has 186 valence electrons. The molecule has 1 aliphatic rings. The van der Waals surface area contributed by atoms with Crippen molar-refractivity contribution in [3.05, 3.63) is 66.4 Å². The summed E-state index contributed by atoms with van der Waals surface area (Å²) in [4.78, 5) is 19.7. The lowest BCUT2D eigenvalue weighted by Gasteiger charge is -2.30. The van der Waals surface area contributed by atoms with Crippen LogP contribution in [-0.4, -0.2) is 42.4 Å². The molecule has 8 nitrogen and oxygen atoms in total. The van der Waals surface area contributed by atoms with Crippen LogP contribution in [0.3, 0.4) is 0 Å². The second-order valence-corrected chi connectivity index (χ2v) is 9.57. The van der Waals surface area contributed by atoms with Crippen molar-refractivity contribution < 1.29 is 9.32 Å². The number of amides is 2. The molecule has 0 aliphatic heterocycles. The van der Waals surface area contributed by atoms with Crippen molar-refractivity contribution in [2.75, 3.05) is 29.6 Å². The minimum Gasteiger partial charge on any atom is -0.377 e. The molecule has 4 aromatic rings. The van der Waals surface area contributed by atoms with Crippen LogP contribution in [0.1, 0.15) is 31.4 Å². The maximum absolute atomic E-state index is 12.8. The molecule has 1 saturated carbocycles. The van der Waals surface area contributed by atoms with Gasteiger partial charge in [0.2, 0.25) is 0 Å². The number of pyridine rings is 1. The molecule has 0 bridgehead atoms. The third-order valence-electron chi connectivity index (χ3n) is 6.73. The molecule has 8 heteroatoms. The van der Waals surface area contributed by atoms with Gasteiger partial charge in [0.15, 0.2) is 5.76 Å². The predicted octanol–water partition coefficient (Wildman–Crippen LogP) is 5.81. The Kier molecular flexibility index (Phi) is 6.75. The lowest BCUT2D eigenvalue weighted by Crippen LogP contribution is -2.42. The number of rotatable bonds is 6. The van der Waals surface area contributed by atoms with E-state index in [4.69, 9.17) is 9.51 Å². The van der Waals surface area contributed by atoms with Crippen molar-refractivity contribution in [2.24, 2.45) is 0 Å². The summed E-state index contributed by atoms with van der Waals surface area (Å²) in [5.41, 5.74) is 4.26. The second kappa shape index (κ2) is 10.3. The Hall–Kier alpha value is -4.07. The molecular weight excluding hydrogens is 452 g/mol. The molecule has 2 amide bonds. The number of para-hydroxylation sites is 1. The van der Waals surface area contributed by atoms with E-state index in [1.54, 1.807) is 0 Å². The number of hydrogen-bond donors (Lipinski definition) is 3. The molecule has 36 heavy (non-hydrogen) atoms. The normalized spacial score (nSPS) is 17.5. The van der Waals surface area contributed by atoms with Crippen LogP contribution in [0.4, 0.5) is 22.0 Å². The SMILES string of the molecule is Cc1noc(-c2ccccc2)c1NC(=O)N[C@H]1CC[C@@H](Nc2cc(N(C)C)c3ccccc3n2)CC1. The molecule has 2 aromatic carbocycles. The summed E-state index contributed by atoms with van der Waals surface area (Å²) in [6.07, 6.45) is 3.71. The highest BCUT2D eigenvalue weighted by Crippen LogP contribution is 2.31. The summed E-state index contributed by atoms with van der Waals surface area (Å²) in [5, 5.41) is 14.9. The van der Waals surface area contributed by atoms with Gasteiger partial charge in [-0.1, -0.05) is 53.7 Å². The largest absolute Gasteiger partial charge is 0.377 e. The van der Waals surface area contributed by atoms with E-state index in [1.165, 1.54) is 0 Å². The van der Waals surface area contributed by atoms with Crippen LogP contribution < -0.4 is 20.9 Å². The number of aryl methyl sites for hydroxylation is 1. The van der Waals surface area contributed by atoms with Gasteiger partial charge >= 0.3 is 6.03 Å². The van der Waals surface area contributed by atoms with Gasteiger partial charge < -0.3 is 25.4 Å². The summed E-state index contributed by atoms with van der Waals surface area (Å²) in [5.74, 6) is 1.46. The summed E-state index contributed by atoms with van der Waals surface area (Å²) in [6.45, 7) is 1.82. The number of nitrogens with zero attached hydrogens (tertiary/aromatic N) is 3. The zero-order valence-electron chi connectivity index (χ0n) is 20.9. The fourth-order valence-electron chi connectivity index (χ4n) is 4.83. The van der Waals surface area contributed by atoms with Crippen molar-refractivity contribution in [2.45, 2.75) is 44.7 Å². The lowest BCUT2D eigenvalue weighted by molar-refractivity contribution is 0.243. The third kappa shape index (κ3) is 5.12. The first kappa shape index (κ1) is 23.7. The van der Waals surface area contributed by atoms with Crippen molar-refractivity contribution in [3.8, 4) is 11.3 Å². The molecule has 0 unspecified atom stereocenters. The second-order valence-electron chi connectivity index (χ2n) is 9.57. The van der Waals surface area contributed by atoms with Crippen LogP contribution >= 0.6 is 0 Å². The smallest absolute Gasteiger partial charge is 0.319 e. The highest BCUT2D eigenvalue weighted by Gasteiger charge is 2.24. The molecular formula is C28H32N6O2. The maximum atomic E-state index is 12.8. The number of carbonyl (C=O) groups excluding carboxylic acids is 1. The van der Waals surface area contributed by atoms with Gasteiger partial charge in [-0.15, -0.1) is 0 Å². The molecule has 0 saturated heterocycles. The zero-order valence-corrected chi connectivity index (χ0v) is 20.9. The van der Waals surface area contributed by atoms with Crippen LogP contribution in [0.5, 0.6) is 0 Å². The molecule has 0 radical (unpaired) electrons. The fraction of sp³-hybridized carbons (Fsp3) is 0.321. The van der Waals surface area contributed by atoms with Crippen LogP contribution in [0.25, 0.3) is 22.2 Å². The molecule has 0 atom stereocenters. The highest BCUT2D eigenvalue weighted by molar-refractivity contribution is 5.94. The van der Waals surface area contributed by atoms with E-state index in [0.29, 0.717) is 23.2 Å². The van der Waals surface area contributed by atoms with Crippen LogP contribution in [-0.2, 0) is 0 Å². The van der Waals surface area contributed by atoms with Gasteiger partial charge in [0, 0.05) is 48.9 Å². The third-order valence-corrected chi connectivity index (χ3v) is 6.73. The summed E-state index contributed by atoms with van der Waals surface area (Å²) in [7, 11) is 4.11. The minimum absolute atomic E-state index is 0.116. The van der Waals surface area contributed by atoms with Crippen LogP contribution in [0.15, 0.2) is 65.2 Å². The van der Waals surface area contributed by atoms with E-state index in [2.05, 4.69) is 52.2 Å². The number of anilines is 3. The number of nitrogens with one attached hydrogen (secondary N) is 3. The predicted molar refractivity (Wildman–Crippen MR) is 145 cm³/mol. The topological polar surface area (TPSA) is 95.3 Å². The van der Waals surface area contributed by atoms with E-state index in [0.717, 1.165) is 53.7 Å². The Balaban J connectivity index is 1.18.